The molecule has 160 valence electrons. The number of carbonyl (C=O) groups is 1. The number of rotatable bonds is 9. The summed E-state index contributed by atoms with van der Waals surface area (Å²) in [5, 5.41) is 22.9. The van der Waals surface area contributed by atoms with E-state index in [-0.39, 0.29) is 17.3 Å². The smallest absolute Gasteiger partial charge is 0.269 e. The molecule has 0 aliphatic rings. The van der Waals surface area contributed by atoms with Gasteiger partial charge in [-0.2, -0.15) is 0 Å². The van der Waals surface area contributed by atoms with Crippen LogP contribution in [0.4, 0.5) is 11.4 Å². The fourth-order valence-corrected chi connectivity index (χ4v) is 3.66. The Balaban J connectivity index is 1.75. The highest BCUT2D eigenvalue weighted by Gasteiger charge is 2.18. The van der Waals surface area contributed by atoms with Gasteiger partial charge in [-0.1, -0.05) is 29.4 Å². The van der Waals surface area contributed by atoms with Gasteiger partial charge in [0.25, 0.3) is 5.69 Å². The van der Waals surface area contributed by atoms with Crippen molar-refractivity contribution in [1.29, 1.82) is 0 Å². The molecule has 0 saturated carbocycles. The van der Waals surface area contributed by atoms with E-state index in [1.165, 1.54) is 36.0 Å². The predicted octanol–water partition coefficient (Wildman–Crippen LogP) is 4.43. The number of methoxy groups -OCH3 is 1. The van der Waals surface area contributed by atoms with Crippen LogP contribution in [0.5, 0.6) is 5.75 Å². The molecule has 31 heavy (non-hydrogen) atoms. The van der Waals surface area contributed by atoms with E-state index in [0.717, 1.165) is 0 Å². The molecular weight excluding hydrogens is 442 g/mol. The molecule has 0 spiro atoms. The van der Waals surface area contributed by atoms with Crippen molar-refractivity contribution >= 4 is 40.6 Å². The molecule has 0 radical (unpaired) electrons. The third-order valence-electron chi connectivity index (χ3n) is 4.13. The minimum Gasteiger partial charge on any atom is -0.496 e. The Hall–Kier alpha value is -3.37. The van der Waals surface area contributed by atoms with E-state index in [9.17, 15) is 14.9 Å². The van der Waals surface area contributed by atoms with Crippen LogP contribution in [0, 0.1) is 10.1 Å². The quantitative estimate of drug-likeness (QED) is 0.218. The van der Waals surface area contributed by atoms with E-state index in [2.05, 4.69) is 22.1 Å². The molecule has 2 aromatic carbocycles. The van der Waals surface area contributed by atoms with Crippen LogP contribution >= 0.6 is 23.4 Å². The summed E-state index contributed by atoms with van der Waals surface area (Å²) in [5.74, 6) is 0.917. The van der Waals surface area contributed by atoms with E-state index in [1.54, 1.807) is 31.4 Å². The zero-order valence-electron chi connectivity index (χ0n) is 16.4. The average Bonchev–Trinajstić information content (AvgIpc) is 3.15. The van der Waals surface area contributed by atoms with Crippen LogP contribution in [0.1, 0.15) is 0 Å². The van der Waals surface area contributed by atoms with Crippen molar-refractivity contribution in [3.8, 4) is 17.1 Å². The number of amides is 1. The maximum absolute atomic E-state index is 12.3. The first-order valence-electron chi connectivity index (χ1n) is 8.98. The Kier molecular flexibility index (Phi) is 7.27. The van der Waals surface area contributed by atoms with Crippen LogP contribution in [0.15, 0.2) is 60.3 Å². The van der Waals surface area contributed by atoms with Gasteiger partial charge in [0, 0.05) is 29.4 Å². The fraction of sp³-hybridized carbons (Fsp3) is 0.150. The number of ether oxygens (including phenoxy) is 1. The number of allylic oxidation sites excluding steroid dienone is 1. The fourth-order valence-electron chi connectivity index (χ4n) is 2.74. The maximum atomic E-state index is 12.3. The molecule has 0 atom stereocenters. The molecule has 0 unspecified atom stereocenters. The number of hydrogen-bond donors (Lipinski definition) is 1. The summed E-state index contributed by atoms with van der Waals surface area (Å²) in [6.45, 7) is 4.19. The van der Waals surface area contributed by atoms with Gasteiger partial charge in [-0.3, -0.25) is 19.5 Å². The minimum atomic E-state index is -0.500. The third-order valence-corrected chi connectivity index (χ3v) is 5.33. The summed E-state index contributed by atoms with van der Waals surface area (Å²) in [7, 11) is 1.55. The summed E-state index contributed by atoms with van der Waals surface area (Å²) >= 11 is 7.34. The highest BCUT2D eigenvalue weighted by Crippen LogP contribution is 2.33. The first kappa shape index (κ1) is 22.3. The van der Waals surface area contributed by atoms with Crippen molar-refractivity contribution in [2.45, 2.75) is 11.7 Å². The Morgan fingerprint density at radius 2 is 2.06 bits per heavy atom. The molecule has 0 saturated heterocycles. The van der Waals surface area contributed by atoms with Crippen LogP contribution in [0.3, 0.4) is 0 Å². The molecule has 9 nitrogen and oxygen atoms in total. The van der Waals surface area contributed by atoms with E-state index in [0.29, 0.717) is 39.5 Å². The van der Waals surface area contributed by atoms with E-state index < -0.39 is 4.92 Å². The molecule has 3 aromatic rings. The van der Waals surface area contributed by atoms with Crippen LogP contribution < -0.4 is 10.1 Å². The van der Waals surface area contributed by atoms with Gasteiger partial charge in [-0.25, -0.2) is 0 Å². The third kappa shape index (κ3) is 5.41. The number of anilines is 1. The van der Waals surface area contributed by atoms with Crippen LogP contribution in [0.2, 0.25) is 5.02 Å². The Bertz CT molecular complexity index is 1120. The summed E-state index contributed by atoms with van der Waals surface area (Å²) in [6.07, 6.45) is 1.70. The van der Waals surface area contributed by atoms with Crippen molar-refractivity contribution < 1.29 is 14.5 Å². The number of hydrogen-bond acceptors (Lipinski definition) is 7. The van der Waals surface area contributed by atoms with Gasteiger partial charge >= 0.3 is 0 Å². The Morgan fingerprint density at radius 3 is 2.71 bits per heavy atom. The monoisotopic (exact) mass is 459 g/mol. The molecule has 3 rings (SSSR count). The number of aromatic nitrogens is 3. The van der Waals surface area contributed by atoms with Gasteiger partial charge in [-0.05, 0) is 30.3 Å². The van der Waals surface area contributed by atoms with Crippen molar-refractivity contribution in [1.82, 2.24) is 14.8 Å². The molecule has 1 heterocycles. The standard InChI is InChI=1S/C20H18ClN5O4S/c1-3-10-25-19(16-11-13(21)4-9-17(16)30-2)23-24-20(25)31-12-18(27)22-14-5-7-15(8-6-14)26(28)29/h3-9,11H,1,10,12H2,2H3,(H,22,27). The Morgan fingerprint density at radius 1 is 1.32 bits per heavy atom. The van der Waals surface area contributed by atoms with E-state index >= 15 is 0 Å². The van der Waals surface area contributed by atoms with Crippen molar-refractivity contribution in [3.63, 3.8) is 0 Å². The van der Waals surface area contributed by atoms with Crippen LogP contribution in [0.25, 0.3) is 11.4 Å². The lowest BCUT2D eigenvalue weighted by Crippen LogP contribution is -2.14. The molecule has 1 N–H and O–H groups in total. The summed E-state index contributed by atoms with van der Waals surface area (Å²) in [5.41, 5.74) is 1.09. The minimum absolute atomic E-state index is 0.0473. The number of nitrogens with one attached hydrogen (secondary N) is 1. The number of nitrogens with zero attached hydrogens (tertiary/aromatic N) is 4. The molecule has 0 fully saturated rings. The first-order chi connectivity index (χ1) is 14.9. The Labute approximate surface area is 187 Å². The lowest BCUT2D eigenvalue weighted by atomic mass is 10.2. The number of halogens is 1. The van der Waals surface area contributed by atoms with E-state index in [1.807, 2.05) is 4.57 Å². The zero-order valence-corrected chi connectivity index (χ0v) is 18.0. The lowest BCUT2D eigenvalue weighted by molar-refractivity contribution is -0.384. The van der Waals surface area contributed by atoms with Crippen molar-refractivity contribution in [2.24, 2.45) is 0 Å². The van der Waals surface area contributed by atoms with Crippen LogP contribution in [-0.4, -0.2) is 38.5 Å². The van der Waals surface area contributed by atoms with Gasteiger partial charge in [0.2, 0.25) is 5.91 Å². The molecular formula is C20H18ClN5O4S. The summed E-state index contributed by atoms with van der Waals surface area (Å²) < 4.78 is 7.22. The molecule has 0 aliphatic carbocycles. The molecule has 0 aliphatic heterocycles. The first-order valence-corrected chi connectivity index (χ1v) is 10.3. The second-order valence-corrected chi connectivity index (χ2v) is 7.57. The zero-order chi connectivity index (χ0) is 22.4. The maximum Gasteiger partial charge on any atom is 0.269 e. The number of non-ortho nitro benzene ring substituents is 1. The normalized spacial score (nSPS) is 10.5. The average molecular weight is 460 g/mol. The molecule has 11 heteroatoms. The topological polar surface area (TPSA) is 112 Å². The van der Waals surface area contributed by atoms with Crippen molar-refractivity contribution in [3.05, 3.63) is 70.3 Å². The van der Waals surface area contributed by atoms with Gasteiger partial charge in [-0.15, -0.1) is 16.8 Å². The summed E-state index contributed by atoms with van der Waals surface area (Å²) in [6, 6.07) is 10.8. The molecule has 1 aromatic heterocycles. The number of nitro benzene ring substituents is 1. The number of benzene rings is 2. The number of nitro groups is 1. The number of carbonyl (C=O) groups excluding carboxylic acids is 1. The summed E-state index contributed by atoms with van der Waals surface area (Å²) in [4.78, 5) is 22.5. The van der Waals surface area contributed by atoms with E-state index in [4.69, 9.17) is 16.3 Å². The van der Waals surface area contributed by atoms with Gasteiger partial charge in [0.15, 0.2) is 11.0 Å². The van der Waals surface area contributed by atoms with Gasteiger partial charge in [0.05, 0.1) is 23.3 Å². The van der Waals surface area contributed by atoms with Gasteiger partial charge < -0.3 is 10.1 Å². The van der Waals surface area contributed by atoms with Gasteiger partial charge in [0.1, 0.15) is 5.75 Å². The molecule has 0 bridgehead atoms. The SMILES string of the molecule is C=CCn1c(SCC(=O)Nc2ccc([N+](=O)[O-])cc2)nnc1-c1cc(Cl)ccc1OC. The second kappa shape index (κ2) is 10.1. The largest absolute Gasteiger partial charge is 0.496 e. The van der Waals surface area contributed by atoms with Crippen molar-refractivity contribution in [2.75, 3.05) is 18.2 Å². The lowest BCUT2D eigenvalue weighted by Gasteiger charge is -2.11. The molecule has 1 amide bonds. The predicted molar refractivity (Wildman–Crippen MR) is 120 cm³/mol. The number of thioether (sulfide) groups is 1. The highest BCUT2D eigenvalue weighted by atomic mass is 35.5. The second-order valence-electron chi connectivity index (χ2n) is 6.19. The highest BCUT2D eigenvalue weighted by molar-refractivity contribution is 7.99. The van der Waals surface area contributed by atoms with Crippen LogP contribution in [-0.2, 0) is 11.3 Å².